The fourth-order valence-electron chi connectivity index (χ4n) is 3.20. The number of benzene rings is 1. The Labute approximate surface area is 179 Å². The first kappa shape index (κ1) is 24.3. The summed E-state index contributed by atoms with van der Waals surface area (Å²) in [6.45, 7) is 10.7. The Hall–Kier alpha value is -1.99. The van der Waals surface area contributed by atoms with Crippen LogP contribution in [0.5, 0.6) is 0 Å². The van der Waals surface area contributed by atoms with Crippen LogP contribution in [0.3, 0.4) is 0 Å². The second kappa shape index (κ2) is 9.43. The Balaban J connectivity index is 2.36. The summed E-state index contributed by atoms with van der Waals surface area (Å²) in [4.78, 5) is 17.0. The van der Waals surface area contributed by atoms with Gasteiger partial charge in [-0.05, 0) is 60.6 Å². The standard InChI is InChI=1S/C23H28F3NO2S/c1-12(2)15-7-14(22(25)26)8-16(13(3)4)17(15)9-21(28)27-11-19-18(24)10-20(30-19)23(5,6)29/h7-8,10-13,22,29H,9H2,1-6H3. The molecule has 1 amide bonds. The molecule has 1 aromatic heterocycles. The number of amides is 1. The Bertz CT molecular complexity index is 911. The molecule has 1 aromatic carbocycles. The molecule has 2 rings (SSSR count). The highest BCUT2D eigenvalue weighted by atomic mass is 32.1. The molecule has 0 saturated carbocycles. The second-order valence-corrected chi connectivity index (χ2v) is 9.58. The van der Waals surface area contributed by atoms with Crippen molar-refractivity contribution in [1.82, 2.24) is 0 Å². The molecule has 0 aliphatic heterocycles. The summed E-state index contributed by atoms with van der Waals surface area (Å²) in [5, 5.41) is 10.0. The van der Waals surface area contributed by atoms with Gasteiger partial charge in [-0.25, -0.2) is 18.2 Å². The van der Waals surface area contributed by atoms with Crippen LogP contribution in [0.1, 0.15) is 91.8 Å². The number of nitrogens with zero attached hydrogens (tertiary/aromatic N) is 1. The van der Waals surface area contributed by atoms with Gasteiger partial charge in [-0.2, -0.15) is 0 Å². The van der Waals surface area contributed by atoms with Gasteiger partial charge in [0.25, 0.3) is 6.43 Å². The minimum absolute atomic E-state index is 0.0444. The molecule has 0 saturated heterocycles. The number of carbonyl (C=O) groups is 1. The summed E-state index contributed by atoms with van der Waals surface area (Å²) in [6, 6.07) is 4.15. The van der Waals surface area contributed by atoms with Gasteiger partial charge in [0, 0.05) is 10.4 Å². The van der Waals surface area contributed by atoms with Crippen molar-refractivity contribution in [2.75, 3.05) is 0 Å². The van der Waals surface area contributed by atoms with Crippen LogP contribution in [0.2, 0.25) is 0 Å². The average Bonchev–Trinajstić information content (AvgIpc) is 3.00. The van der Waals surface area contributed by atoms with Crippen molar-refractivity contribution in [2.24, 2.45) is 4.99 Å². The topological polar surface area (TPSA) is 49.7 Å². The van der Waals surface area contributed by atoms with Crippen LogP contribution in [0.4, 0.5) is 13.2 Å². The molecule has 164 valence electrons. The smallest absolute Gasteiger partial charge is 0.263 e. The van der Waals surface area contributed by atoms with Gasteiger partial charge < -0.3 is 5.11 Å². The number of rotatable bonds is 7. The zero-order valence-corrected chi connectivity index (χ0v) is 18.9. The van der Waals surface area contributed by atoms with Crippen LogP contribution < -0.4 is 0 Å². The summed E-state index contributed by atoms with van der Waals surface area (Å²) >= 11 is 1.03. The third kappa shape index (κ3) is 5.79. The lowest BCUT2D eigenvalue weighted by Crippen LogP contribution is -2.12. The third-order valence-electron chi connectivity index (χ3n) is 4.81. The molecule has 3 nitrogen and oxygen atoms in total. The van der Waals surface area contributed by atoms with Crippen molar-refractivity contribution in [1.29, 1.82) is 0 Å². The van der Waals surface area contributed by atoms with E-state index < -0.39 is 23.8 Å². The van der Waals surface area contributed by atoms with Crippen molar-refractivity contribution in [2.45, 2.75) is 71.8 Å². The number of alkyl halides is 2. The van der Waals surface area contributed by atoms with E-state index in [1.807, 2.05) is 27.7 Å². The Morgan fingerprint density at radius 3 is 2.07 bits per heavy atom. The van der Waals surface area contributed by atoms with Gasteiger partial charge in [0.05, 0.1) is 23.1 Å². The Morgan fingerprint density at radius 1 is 1.13 bits per heavy atom. The molecule has 0 fully saturated rings. The number of aliphatic imine (C=N–C) groups is 1. The number of aliphatic hydroxyl groups is 1. The molecule has 1 heterocycles. The highest BCUT2D eigenvalue weighted by molar-refractivity contribution is 7.13. The molecule has 0 atom stereocenters. The molecular weight excluding hydrogens is 411 g/mol. The minimum Gasteiger partial charge on any atom is -0.385 e. The summed E-state index contributed by atoms with van der Waals surface area (Å²) in [5.74, 6) is -1.13. The van der Waals surface area contributed by atoms with E-state index in [9.17, 15) is 23.1 Å². The summed E-state index contributed by atoms with van der Waals surface area (Å²) in [7, 11) is 0. The first-order valence-corrected chi connectivity index (χ1v) is 10.7. The normalized spacial score (nSPS) is 12.7. The number of hydrogen-bond acceptors (Lipinski definition) is 3. The zero-order chi connectivity index (χ0) is 22.8. The number of hydrogen-bond donors (Lipinski definition) is 1. The van der Waals surface area contributed by atoms with E-state index in [4.69, 9.17) is 0 Å². The summed E-state index contributed by atoms with van der Waals surface area (Å²) < 4.78 is 40.8. The number of halogens is 3. The molecule has 0 aliphatic rings. The maximum absolute atomic E-state index is 14.1. The van der Waals surface area contributed by atoms with E-state index in [0.29, 0.717) is 21.6 Å². The van der Waals surface area contributed by atoms with Crippen LogP contribution in [0, 0.1) is 5.82 Å². The number of carbonyl (C=O) groups excluding carboxylic acids is 1. The monoisotopic (exact) mass is 439 g/mol. The van der Waals surface area contributed by atoms with Gasteiger partial charge in [-0.3, -0.25) is 4.79 Å². The van der Waals surface area contributed by atoms with Crippen molar-refractivity contribution < 1.29 is 23.1 Å². The minimum atomic E-state index is -2.59. The fourth-order valence-corrected chi connectivity index (χ4v) is 4.11. The predicted molar refractivity (Wildman–Crippen MR) is 115 cm³/mol. The molecule has 2 aromatic rings. The second-order valence-electron chi connectivity index (χ2n) is 8.50. The molecule has 0 bridgehead atoms. The summed E-state index contributed by atoms with van der Waals surface area (Å²) in [6.07, 6.45) is -1.48. The molecule has 0 aliphatic carbocycles. The van der Waals surface area contributed by atoms with Crippen LogP contribution >= 0.6 is 11.3 Å². The molecule has 1 N–H and O–H groups in total. The molecule has 0 unspecified atom stereocenters. The first-order chi connectivity index (χ1) is 13.8. The number of thiophene rings is 1. The Kier molecular flexibility index (Phi) is 7.64. The maximum Gasteiger partial charge on any atom is 0.263 e. The highest BCUT2D eigenvalue weighted by Crippen LogP contribution is 2.34. The van der Waals surface area contributed by atoms with Gasteiger partial charge >= 0.3 is 0 Å². The van der Waals surface area contributed by atoms with E-state index in [-0.39, 0.29) is 28.7 Å². The lowest BCUT2D eigenvalue weighted by Gasteiger charge is -2.21. The lowest BCUT2D eigenvalue weighted by molar-refractivity contribution is -0.117. The predicted octanol–water partition coefficient (Wildman–Crippen LogP) is 6.49. The van der Waals surface area contributed by atoms with Crippen molar-refractivity contribution in [3.63, 3.8) is 0 Å². The maximum atomic E-state index is 14.1. The largest absolute Gasteiger partial charge is 0.385 e. The Morgan fingerprint density at radius 2 is 1.67 bits per heavy atom. The lowest BCUT2D eigenvalue weighted by atomic mass is 9.85. The van der Waals surface area contributed by atoms with Gasteiger partial charge in [0.2, 0.25) is 5.91 Å². The van der Waals surface area contributed by atoms with Crippen molar-refractivity contribution >= 4 is 23.5 Å². The third-order valence-corrected chi connectivity index (χ3v) is 6.16. The molecule has 7 heteroatoms. The SMILES string of the molecule is CC(C)c1cc(C(F)F)cc(C(C)C)c1CC(=O)N=Cc1sc(C(C)(C)O)cc1F. The average molecular weight is 440 g/mol. The van der Waals surface area contributed by atoms with Crippen LogP contribution in [0.15, 0.2) is 23.2 Å². The molecule has 0 radical (unpaired) electrons. The van der Waals surface area contributed by atoms with E-state index >= 15 is 0 Å². The summed E-state index contributed by atoms with van der Waals surface area (Å²) in [5.41, 5.74) is 0.863. The van der Waals surface area contributed by atoms with E-state index in [2.05, 4.69) is 4.99 Å². The zero-order valence-electron chi connectivity index (χ0n) is 18.1. The van der Waals surface area contributed by atoms with Crippen molar-refractivity contribution in [3.8, 4) is 0 Å². The van der Waals surface area contributed by atoms with E-state index in [1.165, 1.54) is 18.2 Å². The van der Waals surface area contributed by atoms with Gasteiger partial charge in [-0.1, -0.05) is 27.7 Å². The van der Waals surface area contributed by atoms with Crippen LogP contribution in [-0.2, 0) is 16.8 Å². The molecule has 0 spiro atoms. The van der Waals surface area contributed by atoms with E-state index in [0.717, 1.165) is 17.6 Å². The van der Waals surface area contributed by atoms with Crippen LogP contribution in [-0.4, -0.2) is 17.2 Å². The highest BCUT2D eigenvalue weighted by Gasteiger charge is 2.22. The van der Waals surface area contributed by atoms with Gasteiger partial charge in [-0.15, -0.1) is 11.3 Å². The fraction of sp³-hybridized carbons (Fsp3) is 0.478. The van der Waals surface area contributed by atoms with Crippen molar-refractivity contribution in [3.05, 3.63) is 56.0 Å². The molecule has 30 heavy (non-hydrogen) atoms. The quantitative estimate of drug-likeness (QED) is 0.502. The van der Waals surface area contributed by atoms with E-state index in [1.54, 1.807) is 13.8 Å². The van der Waals surface area contributed by atoms with Gasteiger partial charge in [0.15, 0.2) is 0 Å². The molecular formula is C23H28F3NO2S. The first-order valence-electron chi connectivity index (χ1n) is 9.85. The van der Waals surface area contributed by atoms with Crippen LogP contribution in [0.25, 0.3) is 0 Å². The van der Waals surface area contributed by atoms with Gasteiger partial charge in [0.1, 0.15) is 5.82 Å².